The molecule has 2 aromatic carbocycles. The third-order valence-electron chi connectivity index (χ3n) is 7.32. The molecule has 13 heteroatoms. The molecule has 3 N–H and O–H groups in total. The average Bonchev–Trinajstić information content (AvgIpc) is 3.43. The highest BCUT2D eigenvalue weighted by Crippen LogP contribution is 2.23. The van der Waals surface area contributed by atoms with Gasteiger partial charge in [-0.05, 0) is 70.6 Å². The number of nitrogens with zero attached hydrogens (tertiary/aromatic N) is 3. The first-order valence-electron chi connectivity index (χ1n) is 16.2. The molecule has 0 unspecified atom stereocenters. The van der Waals surface area contributed by atoms with E-state index in [9.17, 15) is 27.9 Å². The van der Waals surface area contributed by atoms with Gasteiger partial charge in [-0.25, -0.2) is 18.2 Å². The minimum absolute atomic E-state index is 0.0423. The molecular weight excluding hydrogens is 634 g/mol. The molecule has 0 saturated carbocycles. The van der Waals surface area contributed by atoms with Crippen molar-refractivity contribution in [1.29, 1.82) is 0 Å². The molecule has 2 atom stereocenters. The number of alkyl carbamates (subject to hydrolysis) is 1. The fourth-order valence-corrected chi connectivity index (χ4v) is 6.82. The second kappa shape index (κ2) is 17.3. The van der Waals surface area contributed by atoms with Gasteiger partial charge < -0.3 is 25.0 Å². The van der Waals surface area contributed by atoms with Crippen LogP contribution in [0.15, 0.2) is 72.0 Å². The predicted molar refractivity (Wildman–Crippen MR) is 183 cm³/mol. The number of sulfonamides is 1. The van der Waals surface area contributed by atoms with Gasteiger partial charge in [-0.3, -0.25) is 9.59 Å². The lowest BCUT2D eigenvalue weighted by Crippen LogP contribution is -2.49. The van der Waals surface area contributed by atoms with Crippen molar-refractivity contribution >= 4 is 28.0 Å². The molecule has 0 bridgehead atoms. The number of hydrogen-bond donors (Lipinski definition) is 3. The number of aryl methyl sites for hydroxylation is 1. The number of nitrogens with one attached hydrogen (secondary N) is 2. The minimum atomic E-state index is -4.07. The van der Waals surface area contributed by atoms with Crippen LogP contribution in [-0.2, 0) is 37.3 Å². The smallest absolute Gasteiger partial charge is 0.408 e. The van der Waals surface area contributed by atoms with Crippen molar-refractivity contribution in [1.82, 2.24) is 24.5 Å². The van der Waals surface area contributed by atoms with E-state index in [0.29, 0.717) is 25.1 Å². The molecule has 3 rings (SSSR count). The molecule has 0 saturated heterocycles. The number of aliphatic carboxylic acids is 1. The Morgan fingerprint density at radius 3 is 2.29 bits per heavy atom. The standard InChI is InChI=1S/C35H49N5O7S/c1-25(2)21-40(48(45,46)29-17-15-26(3)16-18-29)31(33(42)43)14-10-11-19-36-32(41)30(38-34(44)47-35(4,5)6)20-28-23-39(24-37-28)22-27-12-8-7-9-13-27/h7-9,12-13,15-18,23-25,30-31H,10-11,14,19-22H2,1-6H3,(H,36,41)(H,38,44)(H,42,43)/t30-,31-/m0/s1. The van der Waals surface area contributed by atoms with Crippen molar-refractivity contribution < 1.29 is 32.6 Å². The van der Waals surface area contributed by atoms with E-state index in [0.717, 1.165) is 15.4 Å². The van der Waals surface area contributed by atoms with E-state index in [2.05, 4.69) is 15.6 Å². The molecule has 48 heavy (non-hydrogen) atoms. The second-order valence-corrected chi connectivity index (χ2v) is 15.2. The van der Waals surface area contributed by atoms with E-state index in [1.54, 1.807) is 39.2 Å². The Balaban J connectivity index is 1.64. The lowest BCUT2D eigenvalue weighted by atomic mass is 10.1. The van der Waals surface area contributed by atoms with Crippen molar-refractivity contribution in [2.45, 2.75) is 96.4 Å². The number of unbranched alkanes of at least 4 members (excludes halogenated alkanes) is 1. The second-order valence-electron chi connectivity index (χ2n) is 13.3. The highest BCUT2D eigenvalue weighted by molar-refractivity contribution is 7.89. The summed E-state index contributed by atoms with van der Waals surface area (Å²) in [7, 11) is -4.07. The number of carboxylic acid groups (broad SMARTS) is 1. The van der Waals surface area contributed by atoms with Gasteiger partial charge in [-0.2, -0.15) is 4.31 Å². The fraction of sp³-hybridized carbons (Fsp3) is 0.486. The molecule has 1 heterocycles. The van der Waals surface area contributed by atoms with Crippen LogP contribution < -0.4 is 10.6 Å². The van der Waals surface area contributed by atoms with Gasteiger partial charge in [0.15, 0.2) is 0 Å². The molecule has 12 nitrogen and oxygen atoms in total. The summed E-state index contributed by atoms with van der Waals surface area (Å²) < 4.78 is 35.4. The van der Waals surface area contributed by atoms with E-state index in [-0.39, 0.29) is 36.7 Å². The van der Waals surface area contributed by atoms with Gasteiger partial charge in [-0.1, -0.05) is 61.9 Å². The van der Waals surface area contributed by atoms with Crippen LogP contribution in [0.25, 0.3) is 0 Å². The van der Waals surface area contributed by atoms with Gasteiger partial charge in [0.25, 0.3) is 0 Å². The van der Waals surface area contributed by atoms with Crippen molar-refractivity contribution in [3.63, 3.8) is 0 Å². The summed E-state index contributed by atoms with van der Waals surface area (Å²) in [5, 5.41) is 15.6. The summed E-state index contributed by atoms with van der Waals surface area (Å²) in [5.41, 5.74) is 1.82. The molecule has 0 radical (unpaired) electrons. The number of aromatic nitrogens is 2. The van der Waals surface area contributed by atoms with Gasteiger partial charge >= 0.3 is 12.1 Å². The molecule has 0 aliphatic rings. The number of hydrogen-bond acceptors (Lipinski definition) is 7. The number of carbonyl (C=O) groups excluding carboxylic acids is 2. The minimum Gasteiger partial charge on any atom is -0.480 e. The third-order valence-corrected chi connectivity index (χ3v) is 9.21. The zero-order valence-electron chi connectivity index (χ0n) is 28.7. The Hall–Kier alpha value is -4.23. The molecule has 0 aliphatic heterocycles. The highest BCUT2D eigenvalue weighted by Gasteiger charge is 2.36. The zero-order valence-corrected chi connectivity index (χ0v) is 29.5. The van der Waals surface area contributed by atoms with Crippen LogP contribution in [0, 0.1) is 12.8 Å². The summed E-state index contributed by atoms with van der Waals surface area (Å²) in [6.07, 6.45) is 3.66. The van der Waals surface area contributed by atoms with Gasteiger partial charge in [0, 0.05) is 32.3 Å². The van der Waals surface area contributed by atoms with Crippen LogP contribution >= 0.6 is 0 Å². The summed E-state index contributed by atoms with van der Waals surface area (Å²) in [4.78, 5) is 42.7. The highest BCUT2D eigenvalue weighted by atomic mass is 32.2. The Bertz CT molecular complexity index is 1600. The lowest BCUT2D eigenvalue weighted by Gasteiger charge is -2.29. The summed E-state index contributed by atoms with van der Waals surface area (Å²) >= 11 is 0. The van der Waals surface area contributed by atoms with E-state index in [1.165, 1.54) is 12.1 Å². The Labute approximate surface area is 283 Å². The van der Waals surface area contributed by atoms with Crippen LogP contribution in [0.5, 0.6) is 0 Å². The van der Waals surface area contributed by atoms with Crippen LogP contribution in [0.4, 0.5) is 4.79 Å². The Morgan fingerprint density at radius 2 is 1.69 bits per heavy atom. The van der Waals surface area contributed by atoms with Gasteiger partial charge in [0.05, 0.1) is 16.9 Å². The Morgan fingerprint density at radius 1 is 1.02 bits per heavy atom. The summed E-state index contributed by atoms with van der Waals surface area (Å²) in [5.74, 6) is -1.79. The van der Waals surface area contributed by atoms with Crippen LogP contribution in [0.3, 0.4) is 0 Å². The number of amides is 2. The van der Waals surface area contributed by atoms with Gasteiger partial charge in [0.1, 0.15) is 17.7 Å². The first-order chi connectivity index (χ1) is 22.5. The van der Waals surface area contributed by atoms with E-state index >= 15 is 0 Å². The van der Waals surface area contributed by atoms with Crippen LogP contribution in [0.1, 0.15) is 70.7 Å². The van der Waals surface area contributed by atoms with Crippen molar-refractivity contribution in [3.8, 4) is 0 Å². The largest absolute Gasteiger partial charge is 0.480 e. The Kier molecular flexibility index (Phi) is 13.7. The van der Waals surface area contributed by atoms with Crippen molar-refractivity contribution in [3.05, 3.63) is 83.9 Å². The summed E-state index contributed by atoms with van der Waals surface area (Å²) in [6, 6.07) is 13.9. The average molecular weight is 684 g/mol. The first kappa shape index (κ1) is 38.2. The van der Waals surface area contributed by atoms with Crippen molar-refractivity contribution in [2.24, 2.45) is 5.92 Å². The predicted octanol–water partition coefficient (Wildman–Crippen LogP) is 4.76. The normalized spacial score (nSPS) is 13.2. The number of imidazole rings is 1. The zero-order chi connectivity index (χ0) is 35.5. The number of benzene rings is 2. The molecule has 0 fully saturated rings. The van der Waals surface area contributed by atoms with Gasteiger partial charge in [0.2, 0.25) is 15.9 Å². The van der Waals surface area contributed by atoms with E-state index < -0.39 is 45.7 Å². The number of carbonyl (C=O) groups is 3. The maximum Gasteiger partial charge on any atom is 0.408 e. The van der Waals surface area contributed by atoms with E-state index in [1.807, 2.05) is 61.9 Å². The molecule has 0 spiro atoms. The first-order valence-corrected chi connectivity index (χ1v) is 17.6. The van der Waals surface area contributed by atoms with Crippen LogP contribution in [0.2, 0.25) is 0 Å². The molecule has 1 aromatic heterocycles. The van der Waals surface area contributed by atoms with Gasteiger partial charge in [-0.15, -0.1) is 0 Å². The number of ether oxygens (including phenoxy) is 1. The monoisotopic (exact) mass is 683 g/mol. The molecule has 2 amide bonds. The van der Waals surface area contributed by atoms with Crippen molar-refractivity contribution in [2.75, 3.05) is 13.1 Å². The van der Waals surface area contributed by atoms with E-state index in [4.69, 9.17) is 4.74 Å². The van der Waals surface area contributed by atoms with Crippen LogP contribution in [-0.4, -0.2) is 76.1 Å². The topological polar surface area (TPSA) is 160 Å². The quantitative estimate of drug-likeness (QED) is 0.172. The third kappa shape index (κ3) is 12.1. The molecule has 0 aliphatic carbocycles. The molecular formula is C35H49N5O7S. The SMILES string of the molecule is Cc1ccc(S(=O)(=O)N(CC(C)C)[C@@H](CCCCNC(=O)[C@H](Cc2cn(Cc3ccccc3)cn2)NC(=O)OC(C)(C)C)C(=O)O)cc1. The fourth-order valence-electron chi connectivity index (χ4n) is 5.05. The molecule has 262 valence electrons. The summed E-state index contributed by atoms with van der Waals surface area (Å²) in [6.45, 7) is 11.5. The number of carboxylic acids is 1. The lowest BCUT2D eigenvalue weighted by molar-refractivity contribution is -0.142. The maximum absolute atomic E-state index is 13.6. The number of rotatable bonds is 17. The molecule has 3 aromatic rings. The maximum atomic E-state index is 13.6.